The fourth-order valence-electron chi connectivity index (χ4n) is 1.52. The number of rotatable bonds is 3. The van der Waals surface area contributed by atoms with Gasteiger partial charge in [-0.1, -0.05) is 40.3 Å². The van der Waals surface area contributed by atoms with Crippen LogP contribution in [0.15, 0.2) is 33.2 Å². The molecule has 0 saturated heterocycles. The summed E-state index contributed by atoms with van der Waals surface area (Å²) in [6, 6.07) is 7.88. The van der Waals surface area contributed by atoms with Crippen molar-refractivity contribution < 1.29 is 4.74 Å². The molecule has 3 nitrogen and oxygen atoms in total. The van der Waals surface area contributed by atoms with Gasteiger partial charge >= 0.3 is 0 Å². The maximum Gasteiger partial charge on any atom is 0.144 e. The second-order valence-electron chi connectivity index (χ2n) is 3.63. The number of methoxy groups -OCH3 is 1. The van der Waals surface area contributed by atoms with E-state index in [1.54, 1.807) is 7.11 Å². The number of benzene rings is 1. The Hall–Kier alpha value is -0.560. The topological polar surface area (TPSA) is 37.9 Å². The van der Waals surface area contributed by atoms with Crippen LogP contribution in [0.1, 0.15) is 5.69 Å². The molecule has 1 aromatic heterocycles. The molecule has 0 atom stereocenters. The van der Waals surface area contributed by atoms with Gasteiger partial charge in [0.25, 0.3) is 0 Å². The lowest BCUT2D eigenvalue weighted by molar-refractivity contribution is 0.181. The third-order valence-electron chi connectivity index (χ3n) is 2.32. The largest absolute Gasteiger partial charge is 0.378 e. The van der Waals surface area contributed by atoms with Crippen LogP contribution in [-0.2, 0) is 11.3 Å². The van der Waals surface area contributed by atoms with Crippen molar-refractivity contribution in [3.8, 4) is 11.4 Å². The van der Waals surface area contributed by atoms with E-state index in [1.807, 2.05) is 24.3 Å². The van der Waals surface area contributed by atoms with Crippen molar-refractivity contribution in [3.05, 3.63) is 43.5 Å². The van der Waals surface area contributed by atoms with E-state index in [9.17, 15) is 0 Å². The van der Waals surface area contributed by atoms with Crippen LogP contribution in [0.4, 0.5) is 0 Å². The first-order valence-corrected chi connectivity index (χ1v) is 7.15. The van der Waals surface area contributed by atoms with Crippen LogP contribution in [0.25, 0.3) is 11.4 Å². The minimum atomic E-state index is 0.452. The number of hydrogen-bond donors (Lipinski definition) is 1. The van der Waals surface area contributed by atoms with Crippen LogP contribution >= 0.6 is 44.1 Å². The minimum Gasteiger partial charge on any atom is -0.378 e. The average Bonchev–Trinajstić information content (AvgIpc) is 2.35. The standard InChI is InChI=1S/C12H10Br2N2OS/c1-17-6-9-10(14)12(18)16-11(15-9)7-3-2-4-8(13)5-7/h2-5H,6H2,1H3,(H,15,16,18). The first-order valence-electron chi connectivity index (χ1n) is 5.15. The number of aromatic amines is 1. The predicted octanol–water partition coefficient (Wildman–Crippen LogP) is 4.48. The molecular formula is C12H10Br2N2OS. The fraction of sp³-hybridized carbons (Fsp3) is 0.167. The highest BCUT2D eigenvalue weighted by molar-refractivity contribution is 9.10. The first-order chi connectivity index (χ1) is 8.61. The van der Waals surface area contributed by atoms with Crippen molar-refractivity contribution in [3.63, 3.8) is 0 Å². The number of H-pyrrole nitrogens is 1. The van der Waals surface area contributed by atoms with Crippen LogP contribution in [0.2, 0.25) is 0 Å². The molecule has 0 fully saturated rings. The summed E-state index contributed by atoms with van der Waals surface area (Å²) >= 11 is 12.1. The van der Waals surface area contributed by atoms with Gasteiger partial charge in [0.2, 0.25) is 0 Å². The maximum absolute atomic E-state index is 5.23. The van der Waals surface area contributed by atoms with E-state index in [-0.39, 0.29) is 0 Å². The highest BCUT2D eigenvalue weighted by atomic mass is 79.9. The highest BCUT2D eigenvalue weighted by Crippen LogP contribution is 2.23. The van der Waals surface area contributed by atoms with Gasteiger partial charge in [0.15, 0.2) is 0 Å². The van der Waals surface area contributed by atoms with Crippen LogP contribution in [0.5, 0.6) is 0 Å². The maximum atomic E-state index is 5.23. The second-order valence-corrected chi connectivity index (χ2v) is 5.72. The van der Waals surface area contributed by atoms with Gasteiger partial charge in [-0.3, -0.25) is 0 Å². The summed E-state index contributed by atoms with van der Waals surface area (Å²) < 4.78 is 7.43. The van der Waals surface area contributed by atoms with Gasteiger partial charge in [-0.05, 0) is 28.1 Å². The molecule has 0 saturated carbocycles. The minimum absolute atomic E-state index is 0.452. The summed E-state index contributed by atoms with van der Waals surface area (Å²) in [6.07, 6.45) is 0. The number of aromatic nitrogens is 2. The van der Waals surface area contributed by atoms with Gasteiger partial charge in [0, 0.05) is 17.1 Å². The Balaban J connectivity index is 2.55. The van der Waals surface area contributed by atoms with E-state index in [4.69, 9.17) is 17.0 Å². The summed E-state index contributed by atoms with van der Waals surface area (Å²) in [6.45, 7) is 0.452. The van der Waals surface area contributed by atoms with Crippen LogP contribution < -0.4 is 0 Å². The average molecular weight is 390 g/mol. The molecule has 6 heteroatoms. The normalized spacial score (nSPS) is 10.6. The molecule has 94 valence electrons. The van der Waals surface area contributed by atoms with E-state index in [0.29, 0.717) is 11.2 Å². The Labute approximate surface area is 127 Å². The molecule has 0 aliphatic rings. The number of nitrogens with one attached hydrogen (secondary N) is 1. The van der Waals surface area contributed by atoms with Crippen LogP contribution in [-0.4, -0.2) is 17.1 Å². The van der Waals surface area contributed by atoms with Gasteiger partial charge < -0.3 is 9.72 Å². The van der Waals surface area contributed by atoms with Gasteiger partial charge in [-0.15, -0.1) is 0 Å². The van der Waals surface area contributed by atoms with E-state index in [2.05, 4.69) is 41.8 Å². The van der Waals surface area contributed by atoms with E-state index >= 15 is 0 Å². The Kier molecular flexibility index (Phi) is 4.66. The monoisotopic (exact) mass is 388 g/mol. The quantitative estimate of drug-likeness (QED) is 0.786. The summed E-state index contributed by atoms with van der Waals surface area (Å²) in [5.74, 6) is 0.733. The highest BCUT2D eigenvalue weighted by Gasteiger charge is 2.08. The zero-order chi connectivity index (χ0) is 13.1. The Morgan fingerprint density at radius 3 is 2.83 bits per heavy atom. The van der Waals surface area contributed by atoms with Crippen molar-refractivity contribution >= 4 is 44.1 Å². The lowest BCUT2D eigenvalue weighted by Crippen LogP contribution is -1.99. The number of hydrogen-bond acceptors (Lipinski definition) is 3. The lowest BCUT2D eigenvalue weighted by atomic mass is 10.2. The van der Waals surface area contributed by atoms with Crippen molar-refractivity contribution in [2.75, 3.05) is 7.11 Å². The molecule has 2 rings (SSSR count). The van der Waals surface area contributed by atoms with Crippen molar-refractivity contribution in [1.82, 2.24) is 9.97 Å². The molecule has 0 bridgehead atoms. The molecule has 0 aliphatic heterocycles. The second kappa shape index (κ2) is 6.06. The van der Waals surface area contributed by atoms with E-state index < -0.39 is 0 Å². The third kappa shape index (κ3) is 3.06. The van der Waals surface area contributed by atoms with Crippen LogP contribution in [0, 0.1) is 4.64 Å². The predicted molar refractivity (Wildman–Crippen MR) is 81.0 cm³/mol. The van der Waals surface area contributed by atoms with Crippen molar-refractivity contribution in [1.29, 1.82) is 0 Å². The van der Waals surface area contributed by atoms with E-state index in [1.165, 1.54) is 0 Å². The van der Waals surface area contributed by atoms with Gasteiger partial charge in [-0.2, -0.15) is 0 Å². The Morgan fingerprint density at radius 1 is 1.39 bits per heavy atom. The van der Waals surface area contributed by atoms with Gasteiger partial charge in [0.1, 0.15) is 10.5 Å². The Morgan fingerprint density at radius 2 is 2.17 bits per heavy atom. The van der Waals surface area contributed by atoms with Crippen LogP contribution in [0.3, 0.4) is 0 Å². The Bertz CT molecular complexity index is 628. The summed E-state index contributed by atoms with van der Waals surface area (Å²) in [5.41, 5.74) is 1.85. The molecule has 0 radical (unpaired) electrons. The molecule has 1 N–H and O–H groups in total. The molecule has 18 heavy (non-hydrogen) atoms. The summed E-state index contributed by atoms with van der Waals surface area (Å²) in [4.78, 5) is 7.59. The zero-order valence-corrected chi connectivity index (χ0v) is 13.5. The third-order valence-corrected chi connectivity index (χ3v) is 4.23. The molecular weight excluding hydrogens is 380 g/mol. The molecule has 0 aliphatic carbocycles. The fourth-order valence-corrected chi connectivity index (χ4v) is 2.44. The first kappa shape index (κ1) is 13.9. The summed E-state index contributed by atoms with van der Waals surface area (Å²) in [7, 11) is 1.64. The summed E-state index contributed by atoms with van der Waals surface area (Å²) in [5, 5.41) is 0. The molecule has 0 amide bonds. The van der Waals surface area contributed by atoms with Gasteiger partial charge in [0.05, 0.1) is 16.8 Å². The molecule has 0 unspecified atom stereocenters. The van der Waals surface area contributed by atoms with E-state index in [0.717, 1.165) is 26.0 Å². The molecule has 1 heterocycles. The SMILES string of the molecule is COCc1[nH]c(-c2cccc(Br)c2)nc(=S)c1Br. The van der Waals surface area contributed by atoms with Crippen molar-refractivity contribution in [2.24, 2.45) is 0 Å². The molecule has 1 aromatic carbocycles. The smallest absolute Gasteiger partial charge is 0.144 e. The number of halogens is 2. The lowest BCUT2D eigenvalue weighted by Gasteiger charge is -2.08. The van der Waals surface area contributed by atoms with Crippen molar-refractivity contribution in [2.45, 2.75) is 6.61 Å². The molecule has 2 aromatic rings. The van der Waals surface area contributed by atoms with Gasteiger partial charge in [-0.25, -0.2) is 4.98 Å². The number of nitrogens with zero attached hydrogens (tertiary/aromatic N) is 1. The number of ether oxygens (including phenoxy) is 1. The molecule has 0 spiro atoms. The zero-order valence-electron chi connectivity index (χ0n) is 9.54.